The zero-order chi connectivity index (χ0) is 31.9. The Morgan fingerprint density at radius 2 is 1.63 bits per heavy atom. The van der Waals surface area contributed by atoms with Gasteiger partial charge in [0.2, 0.25) is 11.8 Å². The molecular weight excluding hydrogens is 607 g/mol. The summed E-state index contributed by atoms with van der Waals surface area (Å²) in [7, 11) is -3.11. The quantitative estimate of drug-likeness (QED) is 0.267. The monoisotopic (exact) mass is 639 g/mol. The fourth-order valence-corrected chi connectivity index (χ4v) is 5.80. The van der Waals surface area contributed by atoms with E-state index in [2.05, 4.69) is 5.32 Å². The molecule has 0 saturated heterocycles. The number of amides is 2. The average molecular weight is 640 g/mol. The molecule has 3 aromatic rings. The number of nitrogens with zero attached hydrogens (tertiary/aromatic N) is 2. The Kier molecular flexibility index (Phi) is 11.1. The molecule has 2 unspecified atom stereocenters. The van der Waals surface area contributed by atoms with Crippen molar-refractivity contribution in [1.82, 2.24) is 10.2 Å². The molecule has 0 saturated carbocycles. The van der Waals surface area contributed by atoms with Crippen molar-refractivity contribution in [2.75, 3.05) is 18.0 Å². The molecule has 0 aromatic heterocycles. The fourth-order valence-electron chi connectivity index (χ4n) is 4.09. The predicted octanol–water partition coefficient (Wildman–Crippen LogP) is 5.89. The summed E-state index contributed by atoms with van der Waals surface area (Å²) in [5, 5.41) is 2.50. The Hall–Kier alpha value is -3.77. The van der Waals surface area contributed by atoms with Crippen LogP contribution in [0.4, 0.5) is 18.9 Å². The van der Waals surface area contributed by atoms with E-state index in [0.717, 1.165) is 12.1 Å². The van der Waals surface area contributed by atoms with Gasteiger partial charge in [-0.05, 0) is 68.3 Å². The van der Waals surface area contributed by atoms with E-state index in [1.807, 2.05) is 6.92 Å². The van der Waals surface area contributed by atoms with E-state index < -0.39 is 51.9 Å². The zero-order valence-electron chi connectivity index (χ0n) is 24.1. The van der Waals surface area contributed by atoms with E-state index in [0.29, 0.717) is 28.1 Å². The predicted molar refractivity (Wildman–Crippen MR) is 158 cm³/mol. The highest BCUT2D eigenvalue weighted by Gasteiger charge is 2.36. The summed E-state index contributed by atoms with van der Waals surface area (Å²) in [6.07, 6.45) is -4.18. The van der Waals surface area contributed by atoms with Crippen LogP contribution in [0.25, 0.3) is 0 Å². The molecule has 0 spiro atoms. The second-order valence-electron chi connectivity index (χ2n) is 9.85. The number of hydrogen-bond donors (Lipinski definition) is 1. The SMILES string of the molecule is CCC(C)NC(=O)C(C)N(Cc1ccc(OC)cc1)C(=O)CN(c1cc(C(F)(F)F)ccc1Cl)S(=O)(=O)c1ccccc1. The Labute approximate surface area is 254 Å². The molecule has 3 rings (SSSR count). The summed E-state index contributed by atoms with van der Waals surface area (Å²) >= 11 is 6.27. The van der Waals surface area contributed by atoms with Crippen molar-refractivity contribution in [2.45, 2.75) is 56.9 Å². The van der Waals surface area contributed by atoms with Crippen molar-refractivity contribution >= 4 is 39.1 Å². The van der Waals surface area contributed by atoms with E-state index >= 15 is 0 Å². The maximum absolute atomic E-state index is 14.0. The number of hydrogen-bond acceptors (Lipinski definition) is 5. The summed E-state index contributed by atoms with van der Waals surface area (Å²) in [5.41, 5.74) is -1.08. The Bertz CT molecular complexity index is 1520. The summed E-state index contributed by atoms with van der Waals surface area (Å²) in [6, 6.07) is 14.6. The Balaban J connectivity index is 2.11. The second kappa shape index (κ2) is 14.1. The van der Waals surface area contributed by atoms with Crippen molar-refractivity contribution in [3.05, 3.63) is 88.9 Å². The smallest absolute Gasteiger partial charge is 0.416 e. The van der Waals surface area contributed by atoms with Crippen molar-refractivity contribution in [3.63, 3.8) is 0 Å². The van der Waals surface area contributed by atoms with E-state index in [1.54, 1.807) is 37.3 Å². The van der Waals surface area contributed by atoms with Gasteiger partial charge in [-0.25, -0.2) is 8.42 Å². The number of halogens is 4. The number of ether oxygens (including phenoxy) is 1. The van der Waals surface area contributed by atoms with Crippen LogP contribution in [0.1, 0.15) is 38.3 Å². The third-order valence-electron chi connectivity index (χ3n) is 6.83. The van der Waals surface area contributed by atoms with E-state index in [9.17, 15) is 31.2 Å². The minimum absolute atomic E-state index is 0.104. The van der Waals surface area contributed by atoms with Crippen LogP contribution in [0.15, 0.2) is 77.7 Å². The molecule has 13 heteroatoms. The minimum Gasteiger partial charge on any atom is -0.497 e. The lowest BCUT2D eigenvalue weighted by Crippen LogP contribution is -2.52. The normalized spacial score (nSPS) is 13.1. The Morgan fingerprint density at radius 3 is 2.19 bits per heavy atom. The third-order valence-corrected chi connectivity index (χ3v) is 8.93. The maximum Gasteiger partial charge on any atom is 0.416 e. The van der Waals surface area contributed by atoms with Gasteiger partial charge in [0.1, 0.15) is 18.3 Å². The first-order valence-corrected chi connectivity index (χ1v) is 15.2. The van der Waals surface area contributed by atoms with Crippen LogP contribution < -0.4 is 14.4 Å². The van der Waals surface area contributed by atoms with E-state index in [-0.39, 0.29) is 22.5 Å². The highest BCUT2D eigenvalue weighted by atomic mass is 35.5. The molecule has 3 aromatic carbocycles. The number of carbonyl (C=O) groups excluding carboxylic acids is 2. The number of carbonyl (C=O) groups is 2. The number of methoxy groups -OCH3 is 1. The highest BCUT2D eigenvalue weighted by molar-refractivity contribution is 7.92. The highest BCUT2D eigenvalue weighted by Crippen LogP contribution is 2.37. The van der Waals surface area contributed by atoms with Crippen LogP contribution in [-0.2, 0) is 32.3 Å². The molecule has 43 heavy (non-hydrogen) atoms. The third kappa shape index (κ3) is 8.41. The maximum atomic E-state index is 14.0. The number of benzene rings is 3. The van der Waals surface area contributed by atoms with Crippen LogP contribution in [0.2, 0.25) is 5.02 Å². The van der Waals surface area contributed by atoms with Gasteiger partial charge in [-0.2, -0.15) is 13.2 Å². The molecule has 0 heterocycles. The van der Waals surface area contributed by atoms with Gasteiger partial charge < -0.3 is 15.0 Å². The van der Waals surface area contributed by atoms with Crippen LogP contribution in [0, 0.1) is 0 Å². The van der Waals surface area contributed by atoms with Crippen molar-refractivity contribution in [1.29, 1.82) is 0 Å². The minimum atomic E-state index is -4.81. The molecule has 0 aliphatic heterocycles. The summed E-state index contributed by atoms with van der Waals surface area (Å²) in [5.74, 6) is -0.759. The zero-order valence-corrected chi connectivity index (χ0v) is 25.6. The molecule has 2 amide bonds. The number of nitrogens with one attached hydrogen (secondary N) is 1. The van der Waals surface area contributed by atoms with Gasteiger partial charge in [0, 0.05) is 12.6 Å². The molecule has 1 N–H and O–H groups in total. The number of sulfonamides is 1. The van der Waals surface area contributed by atoms with Crippen LogP contribution in [-0.4, -0.2) is 50.9 Å². The standard InChI is InChI=1S/C30H33ClF3N3O5S/c1-5-20(2)35-29(39)21(3)36(18-22-11-14-24(42-4)15-12-22)28(38)19-37(43(40,41)25-9-7-6-8-10-25)27-17-23(30(32,33)34)13-16-26(27)31/h6-17,20-21H,5,18-19H2,1-4H3,(H,35,39). The summed E-state index contributed by atoms with van der Waals surface area (Å²) in [6.45, 7) is 4.13. The van der Waals surface area contributed by atoms with Crippen LogP contribution in [0.3, 0.4) is 0 Å². The number of alkyl halides is 3. The average Bonchev–Trinajstić information content (AvgIpc) is 2.98. The van der Waals surface area contributed by atoms with Crippen LogP contribution in [0.5, 0.6) is 5.75 Å². The lowest BCUT2D eigenvalue weighted by molar-refractivity contribution is -0.139. The van der Waals surface area contributed by atoms with Gasteiger partial charge in [0.15, 0.2) is 0 Å². The first kappa shape index (κ1) is 33.7. The number of anilines is 1. The van der Waals surface area contributed by atoms with Crippen molar-refractivity contribution in [2.24, 2.45) is 0 Å². The molecular formula is C30H33ClF3N3O5S. The van der Waals surface area contributed by atoms with Gasteiger partial charge in [-0.3, -0.25) is 13.9 Å². The molecule has 2 atom stereocenters. The van der Waals surface area contributed by atoms with Gasteiger partial charge >= 0.3 is 6.18 Å². The molecule has 0 aliphatic carbocycles. The van der Waals surface area contributed by atoms with Gasteiger partial charge in [0.05, 0.1) is 28.3 Å². The van der Waals surface area contributed by atoms with Gasteiger partial charge in [0.25, 0.3) is 10.0 Å². The van der Waals surface area contributed by atoms with Crippen LogP contribution >= 0.6 is 11.6 Å². The second-order valence-corrected chi connectivity index (χ2v) is 12.1. The summed E-state index contributed by atoms with van der Waals surface area (Å²) < 4.78 is 74.4. The van der Waals surface area contributed by atoms with Crippen molar-refractivity contribution in [3.8, 4) is 5.75 Å². The Morgan fingerprint density at radius 1 is 1.00 bits per heavy atom. The van der Waals surface area contributed by atoms with E-state index in [4.69, 9.17) is 16.3 Å². The lowest BCUT2D eigenvalue weighted by atomic mass is 10.1. The summed E-state index contributed by atoms with van der Waals surface area (Å²) in [4.78, 5) is 28.0. The molecule has 0 fully saturated rings. The topological polar surface area (TPSA) is 96.0 Å². The molecule has 232 valence electrons. The first-order valence-electron chi connectivity index (χ1n) is 13.4. The van der Waals surface area contributed by atoms with Gasteiger partial charge in [-0.15, -0.1) is 0 Å². The largest absolute Gasteiger partial charge is 0.497 e. The fraction of sp³-hybridized carbons (Fsp3) is 0.333. The molecule has 8 nitrogen and oxygen atoms in total. The lowest BCUT2D eigenvalue weighted by Gasteiger charge is -2.33. The first-order chi connectivity index (χ1) is 20.2. The molecule has 0 aliphatic rings. The van der Waals surface area contributed by atoms with Crippen molar-refractivity contribution < 1.29 is 35.9 Å². The van der Waals surface area contributed by atoms with E-state index in [1.165, 1.54) is 43.2 Å². The number of rotatable bonds is 12. The molecule has 0 bridgehead atoms. The van der Waals surface area contributed by atoms with Gasteiger partial charge in [-0.1, -0.05) is 48.9 Å². The molecule has 0 radical (unpaired) electrons.